The quantitative estimate of drug-likeness (QED) is 0.104. The Hall–Kier alpha value is -5.09. The number of nitro groups is 1. The summed E-state index contributed by atoms with van der Waals surface area (Å²) in [5, 5.41) is 11.1. The monoisotopic (exact) mass is 597 g/mol. The summed E-state index contributed by atoms with van der Waals surface area (Å²) < 4.78 is 6.63. The number of hydrogen-bond donors (Lipinski definition) is 0. The minimum absolute atomic E-state index is 0.00610. The highest BCUT2D eigenvalue weighted by molar-refractivity contribution is 9.10. The summed E-state index contributed by atoms with van der Waals surface area (Å²) in [5.74, 6) is -1.23. The Morgan fingerprint density at radius 2 is 1.38 bits per heavy atom. The van der Waals surface area contributed by atoms with Gasteiger partial charge in [-0.1, -0.05) is 64.5 Å². The van der Waals surface area contributed by atoms with Gasteiger partial charge in [0.15, 0.2) is 0 Å². The smallest absolute Gasteiger partial charge is 0.343 e. The fourth-order valence-electron chi connectivity index (χ4n) is 4.18. The van der Waals surface area contributed by atoms with E-state index >= 15 is 0 Å². The molecule has 1 saturated heterocycles. The van der Waals surface area contributed by atoms with Crippen LogP contribution in [-0.2, 0) is 16.2 Å². The lowest BCUT2D eigenvalue weighted by Crippen LogP contribution is -2.57. The predicted molar refractivity (Wildman–Crippen MR) is 153 cm³/mol. The Morgan fingerprint density at radius 1 is 0.775 bits per heavy atom. The number of barbiturate groups is 1. The van der Waals surface area contributed by atoms with Crippen LogP contribution >= 0.6 is 15.9 Å². The van der Waals surface area contributed by atoms with Gasteiger partial charge in [0, 0.05) is 22.2 Å². The number of nitrogens with zero attached hydrogens (tertiary/aromatic N) is 3. The van der Waals surface area contributed by atoms with E-state index in [1.54, 1.807) is 91.0 Å². The number of anilines is 2. The third-order valence-electron chi connectivity index (χ3n) is 6.07. The van der Waals surface area contributed by atoms with Crippen LogP contribution in [0.25, 0.3) is 6.08 Å². The van der Waals surface area contributed by atoms with Gasteiger partial charge in [0.1, 0.15) is 17.9 Å². The first kappa shape index (κ1) is 26.5. The Morgan fingerprint density at radius 3 is 1.95 bits per heavy atom. The maximum Gasteiger partial charge on any atom is 0.343 e. The van der Waals surface area contributed by atoms with Gasteiger partial charge in [-0.3, -0.25) is 19.7 Å². The molecule has 198 valence electrons. The number of rotatable bonds is 7. The van der Waals surface area contributed by atoms with Crippen molar-refractivity contribution in [1.82, 2.24) is 0 Å². The topological polar surface area (TPSA) is 110 Å². The minimum atomic E-state index is -0.791. The van der Waals surface area contributed by atoms with Gasteiger partial charge in [-0.2, -0.15) is 0 Å². The van der Waals surface area contributed by atoms with Gasteiger partial charge in [-0.25, -0.2) is 14.6 Å². The van der Waals surface area contributed by atoms with E-state index in [1.165, 1.54) is 18.2 Å². The third-order valence-corrected chi connectivity index (χ3v) is 6.56. The summed E-state index contributed by atoms with van der Waals surface area (Å²) in [6.07, 6.45) is 1.39. The molecule has 1 fully saturated rings. The zero-order valence-electron chi connectivity index (χ0n) is 20.8. The van der Waals surface area contributed by atoms with Gasteiger partial charge >= 0.3 is 6.03 Å². The summed E-state index contributed by atoms with van der Waals surface area (Å²) in [6.45, 7) is 0.00610. The molecule has 0 spiro atoms. The fourth-order valence-corrected chi connectivity index (χ4v) is 4.56. The molecule has 0 unspecified atom stereocenters. The number of urea groups is 1. The Kier molecular flexibility index (Phi) is 7.52. The van der Waals surface area contributed by atoms with E-state index in [2.05, 4.69) is 15.9 Å². The highest BCUT2D eigenvalue weighted by Gasteiger charge is 2.43. The Labute approximate surface area is 237 Å². The summed E-state index contributed by atoms with van der Waals surface area (Å²) in [6, 6.07) is 27.0. The van der Waals surface area contributed by atoms with Crippen molar-refractivity contribution in [3.8, 4) is 5.75 Å². The van der Waals surface area contributed by atoms with Crippen LogP contribution in [0, 0.1) is 10.1 Å². The summed E-state index contributed by atoms with van der Waals surface area (Å²) in [7, 11) is 0. The molecule has 1 aliphatic rings. The molecule has 1 aliphatic heterocycles. The van der Waals surface area contributed by atoms with Crippen LogP contribution in [0.3, 0.4) is 0 Å². The van der Waals surface area contributed by atoms with Crippen molar-refractivity contribution < 1.29 is 24.0 Å². The van der Waals surface area contributed by atoms with Crippen LogP contribution in [-0.4, -0.2) is 22.8 Å². The number of ether oxygens (including phenoxy) is 1. The first-order valence-corrected chi connectivity index (χ1v) is 12.8. The minimum Gasteiger partial charge on any atom is -0.488 e. The summed E-state index contributed by atoms with van der Waals surface area (Å²) in [5.41, 5.74) is 1.28. The van der Waals surface area contributed by atoms with Crippen LogP contribution in [0.4, 0.5) is 21.9 Å². The molecule has 1 heterocycles. The van der Waals surface area contributed by atoms with Gasteiger partial charge in [0.25, 0.3) is 17.5 Å². The van der Waals surface area contributed by atoms with Crippen LogP contribution < -0.4 is 14.5 Å². The molecule has 0 bridgehead atoms. The van der Waals surface area contributed by atoms with E-state index in [1.807, 2.05) is 0 Å². The molecule has 10 heteroatoms. The number of imide groups is 2. The van der Waals surface area contributed by atoms with Crippen molar-refractivity contribution in [2.75, 3.05) is 9.80 Å². The number of benzene rings is 4. The first-order valence-electron chi connectivity index (χ1n) is 12.0. The summed E-state index contributed by atoms with van der Waals surface area (Å²) in [4.78, 5) is 53.4. The van der Waals surface area contributed by atoms with Crippen LogP contribution in [0.1, 0.15) is 11.1 Å². The lowest BCUT2D eigenvalue weighted by Gasteiger charge is -2.34. The predicted octanol–water partition coefficient (Wildman–Crippen LogP) is 6.52. The molecule has 9 nitrogen and oxygen atoms in total. The average Bonchev–Trinajstić information content (AvgIpc) is 2.96. The fraction of sp³-hybridized carbons (Fsp3) is 0.0333. The van der Waals surface area contributed by atoms with Gasteiger partial charge < -0.3 is 4.74 Å². The SMILES string of the molecule is O=C1C(=Cc2cc(Br)ccc2OCc2cccc([N+](=O)[O-])c2)C(=O)N(c2ccccc2)C(=O)N1c1ccccc1. The molecule has 40 heavy (non-hydrogen) atoms. The molecule has 0 atom stereocenters. The molecule has 0 saturated carbocycles. The zero-order chi connectivity index (χ0) is 28.2. The third kappa shape index (κ3) is 5.38. The number of nitro benzene ring substituents is 1. The van der Waals surface area contributed by atoms with Crippen LogP contribution in [0.5, 0.6) is 5.75 Å². The van der Waals surface area contributed by atoms with E-state index in [-0.39, 0.29) is 17.9 Å². The number of amides is 4. The molecule has 5 rings (SSSR count). The second kappa shape index (κ2) is 11.3. The highest BCUT2D eigenvalue weighted by atomic mass is 79.9. The highest BCUT2D eigenvalue weighted by Crippen LogP contribution is 2.32. The van der Waals surface area contributed by atoms with E-state index in [0.29, 0.717) is 32.7 Å². The van der Waals surface area contributed by atoms with Crippen LogP contribution in [0.15, 0.2) is 113 Å². The van der Waals surface area contributed by atoms with E-state index in [0.717, 1.165) is 9.80 Å². The number of halogens is 1. The van der Waals surface area contributed by atoms with Crippen molar-refractivity contribution in [3.05, 3.63) is 134 Å². The number of carbonyl (C=O) groups excluding carboxylic acids is 3. The zero-order valence-corrected chi connectivity index (χ0v) is 22.4. The summed E-state index contributed by atoms with van der Waals surface area (Å²) >= 11 is 3.42. The number of non-ortho nitro benzene ring substituents is 1. The van der Waals surface area contributed by atoms with Crippen molar-refractivity contribution in [1.29, 1.82) is 0 Å². The molecule has 0 radical (unpaired) electrons. The van der Waals surface area contributed by atoms with E-state index in [9.17, 15) is 24.5 Å². The van der Waals surface area contributed by atoms with Crippen LogP contribution in [0.2, 0.25) is 0 Å². The van der Waals surface area contributed by atoms with Gasteiger partial charge in [0.05, 0.1) is 16.3 Å². The lowest BCUT2D eigenvalue weighted by molar-refractivity contribution is -0.384. The maximum absolute atomic E-state index is 13.7. The van der Waals surface area contributed by atoms with E-state index in [4.69, 9.17) is 4.74 Å². The van der Waals surface area contributed by atoms with Crippen molar-refractivity contribution >= 4 is 56.9 Å². The molecular formula is C30H20BrN3O6. The maximum atomic E-state index is 13.7. The average molecular weight is 598 g/mol. The first-order chi connectivity index (χ1) is 19.3. The van der Waals surface area contributed by atoms with Crippen molar-refractivity contribution in [3.63, 3.8) is 0 Å². The van der Waals surface area contributed by atoms with Gasteiger partial charge in [-0.15, -0.1) is 0 Å². The molecule has 4 amide bonds. The normalized spacial score (nSPS) is 13.4. The molecule has 0 aliphatic carbocycles. The Balaban J connectivity index is 1.56. The number of carbonyl (C=O) groups is 3. The van der Waals surface area contributed by atoms with Crippen molar-refractivity contribution in [2.24, 2.45) is 0 Å². The van der Waals surface area contributed by atoms with Gasteiger partial charge in [-0.05, 0) is 54.1 Å². The second-order valence-corrected chi connectivity index (χ2v) is 9.61. The molecule has 4 aromatic carbocycles. The molecule has 4 aromatic rings. The lowest BCUT2D eigenvalue weighted by atomic mass is 10.0. The number of hydrogen-bond acceptors (Lipinski definition) is 6. The Bertz CT molecular complexity index is 1590. The molecular weight excluding hydrogens is 578 g/mol. The van der Waals surface area contributed by atoms with Crippen molar-refractivity contribution in [2.45, 2.75) is 6.61 Å². The van der Waals surface area contributed by atoms with E-state index < -0.39 is 22.8 Å². The number of para-hydroxylation sites is 2. The molecule has 0 aromatic heterocycles. The standard InChI is InChI=1S/C30H20BrN3O6/c31-22-14-15-27(40-19-20-8-7-13-25(16-20)34(38)39)21(17-22)18-26-28(35)32(23-9-3-1-4-10-23)30(37)33(29(26)36)24-11-5-2-6-12-24/h1-18H,19H2. The van der Waals surface area contributed by atoms with Gasteiger partial charge in [0.2, 0.25) is 0 Å². The molecule has 0 N–H and O–H groups in total. The second-order valence-electron chi connectivity index (χ2n) is 8.69. The largest absolute Gasteiger partial charge is 0.488 e.